The molecule has 0 radical (unpaired) electrons. The van der Waals surface area contributed by atoms with Gasteiger partial charge in [-0.25, -0.2) is 9.07 Å². The van der Waals surface area contributed by atoms with E-state index in [1.807, 2.05) is 45.0 Å². The molecule has 0 aliphatic carbocycles. The molecule has 1 saturated heterocycles. The van der Waals surface area contributed by atoms with Crippen LogP contribution in [0.2, 0.25) is 0 Å². The number of aromatic nitrogens is 3. The van der Waals surface area contributed by atoms with Crippen molar-refractivity contribution in [2.45, 2.75) is 64.3 Å². The number of ether oxygens (including phenoxy) is 1. The summed E-state index contributed by atoms with van der Waals surface area (Å²) >= 11 is 0. The van der Waals surface area contributed by atoms with Crippen molar-refractivity contribution in [2.24, 2.45) is 0 Å². The fourth-order valence-electron chi connectivity index (χ4n) is 4.25. The number of amides is 2. The van der Waals surface area contributed by atoms with Crippen LogP contribution in [0.25, 0.3) is 11.0 Å². The van der Waals surface area contributed by atoms with Gasteiger partial charge in [0.25, 0.3) is 0 Å². The summed E-state index contributed by atoms with van der Waals surface area (Å²) in [5, 5.41) is 11.3. The molecule has 2 atom stereocenters. The van der Waals surface area contributed by atoms with Crippen LogP contribution in [0.3, 0.4) is 0 Å². The van der Waals surface area contributed by atoms with Gasteiger partial charge in [-0.05, 0) is 51.3 Å². The quantitative estimate of drug-likeness (QED) is 0.504. The molecular formula is C26H32FN5O3. The predicted octanol–water partition coefficient (Wildman–Crippen LogP) is 3.62. The average molecular weight is 482 g/mol. The van der Waals surface area contributed by atoms with Gasteiger partial charge in [0.1, 0.15) is 23.9 Å². The summed E-state index contributed by atoms with van der Waals surface area (Å²) < 4.78 is 22.4. The minimum absolute atomic E-state index is 0.136. The molecule has 2 heterocycles. The fraction of sp³-hybridized carbons (Fsp3) is 0.462. The highest BCUT2D eigenvalue weighted by Gasteiger charge is 2.37. The zero-order valence-electron chi connectivity index (χ0n) is 20.4. The molecule has 9 heteroatoms. The molecule has 2 aromatic carbocycles. The zero-order valence-corrected chi connectivity index (χ0v) is 20.4. The van der Waals surface area contributed by atoms with E-state index in [1.54, 1.807) is 18.2 Å². The molecule has 3 aromatic rings. The number of benzene rings is 2. The Morgan fingerprint density at radius 3 is 2.69 bits per heavy atom. The highest BCUT2D eigenvalue weighted by Crippen LogP contribution is 2.28. The average Bonchev–Trinajstić information content (AvgIpc) is 3.50. The van der Waals surface area contributed by atoms with E-state index in [1.165, 1.54) is 15.6 Å². The minimum Gasteiger partial charge on any atom is -0.376 e. The van der Waals surface area contributed by atoms with E-state index in [4.69, 9.17) is 4.74 Å². The summed E-state index contributed by atoms with van der Waals surface area (Å²) in [4.78, 5) is 28.9. The highest BCUT2D eigenvalue weighted by molar-refractivity contribution is 5.89. The van der Waals surface area contributed by atoms with Gasteiger partial charge in [-0.3, -0.25) is 9.59 Å². The van der Waals surface area contributed by atoms with Gasteiger partial charge in [0, 0.05) is 24.3 Å². The molecule has 1 N–H and O–H groups in total. The first-order valence-corrected chi connectivity index (χ1v) is 12.0. The van der Waals surface area contributed by atoms with Gasteiger partial charge in [0.05, 0.1) is 11.6 Å². The lowest BCUT2D eigenvalue weighted by atomic mass is 9.98. The second-order valence-electron chi connectivity index (χ2n) is 9.57. The predicted molar refractivity (Wildman–Crippen MR) is 130 cm³/mol. The van der Waals surface area contributed by atoms with Gasteiger partial charge in [-0.15, -0.1) is 5.10 Å². The Morgan fingerprint density at radius 1 is 1.23 bits per heavy atom. The third-order valence-corrected chi connectivity index (χ3v) is 6.56. The molecule has 0 spiro atoms. The first-order chi connectivity index (χ1) is 16.8. The lowest BCUT2D eigenvalue weighted by Crippen LogP contribution is -2.52. The Kier molecular flexibility index (Phi) is 7.45. The SMILES string of the molecule is CCC(C)(C)NC(=O)[C@H](c1ccccc1F)N(C[C@H]1CCCO1)C(=O)Cn1nnc2ccccc21. The highest BCUT2D eigenvalue weighted by atomic mass is 19.1. The van der Waals surface area contributed by atoms with Crippen LogP contribution in [0.5, 0.6) is 0 Å². The Morgan fingerprint density at radius 2 is 1.97 bits per heavy atom. The number of fused-ring (bicyclic) bond motifs is 1. The number of hydrogen-bond acceptors (Lipinski definition) is 5. The van der Waals surface area contributed by atoms with E-state index in [0.717, 1.165) is 12.8 Å². The first kappa shape index (κ1) is 24.8. The van der Waals surface area contributed by atoms with Crippen molar-refractivity contribution >= 4 is 22.8 Å². The van der Waals surface area contributed by atoms with Crippen molar-refractivity contribution in [1.82, 2.24) is 25.2 Å². The van der Waals surface area contributed by atoms with Crippen LogP contribution in [0.1, 0.15) is 51.6 Å². The van der Waals surface area contributed by atoms with Crippen molar-refractivity contribution in [3.8, 4) is 0 Å². The Bertz CT molecular complexity index is 1190. The summed E-state index contributed by atoms with van der Waals surface area (Å²) in [6.07, 6.45) is 2.09. The van der Waals surface area contributed by atoms with Crippen molar-refractivity contribution in [1.29, 1.82) is 0 Å². The Labute approximate surface area is 204 Å². The summed E-state index contributed by atoms with van der Waals surface area (Å²) in [6, 6.07) is 12.3. The molecule has 186 valence electrons. The summed E-state index contributed by atoms with van der Waals surface area (Å²) in [7, 11) is 0. The lowest BCUT2D eigenvalue weighted by molar-refractivity contribution is -0.144. The molecule has 1 aliphatic heterocycles. The topological polar surface area (TPSA) is 89.4 Å². The summed E-state index contributed by atoms with van der Waals surface area (Å²) in [5.41, 5.74) is 0.990. The molecule has 8 nitrogen and oxygen atoms in total. The lowest BCUT2D eigenvalue weighted by Gasteiger charge is -2.35. The Hall–Kier alpha value is -3.33. The molecule has 1 aliphatic rings. The molecule has 0 unspecified atom stereocenters. The van der Waals surface area contributed by atoms with E-state index in [0.29, 0.717) is 24.1 Å². The van der Waals surface area contributed by atoms with Crippen molar-refractivity contribution in [2.75, 3.05) is 13.2 Å². The number of carbonyl (C=O) groups excluding carboxylic acids is 2. The van der Waals surface area contributed by atoms with Crippen LogP contribution < -0.4 is 5.32 Å². The van der Waals surface area contributed by atoms with Crippen molar-refractivity contribution in [3.05, 3.63) is 59.9 Å². The maximum Gasteiger partial charge on any atom is 0.247 e. The number of para-hydroxylation sites is 1. The molecule has 4 rings (SSSR count). The summed E-state index contributed by atoms with van der Waals surface area (Å²) in [5.74, 6) is -1.34. The monoisotopic (exact) mass is 481 g/mol. The molecule has 0 saturated carbocycles. The molecule has 2 amide bonds. The van der Waals surface area contributed by atoms with Gasteiger partial charge in [-0.1, -0.05) is 42.5 Å². The van der Waals surface area contributed by atoms with Gasteiger partial charge < -0.3 is 15.0 Å². The second-order valence-corrected chi connectivity index (χ2v) is 9.57. The second kappa shape index (κ2) is 10.5. The number of carbonyl (C=O) groups is 2. The van der Waals surface area contributed by atoms with Crippen LogP contribution in [0.4, 0.5) is 4.39 Å². The van der Waals surface area contributed by atoms with Gasteiger partial charge in [0.2, 0.25) is 11.8 Å². The maximum atomic E-state index is 15.1. The number of halogens is 1. The fourth-order valence-corrected chi connectivity index (χ4v) is 4.25. The standard InChI is InChI=1S/C26H32FN5O3/c1-4-26(2,3)28-25(34)24(19-11-5-6-12-20(19)27)31(16-18-10-9-15-35-18)23(33)17-32-22-14-8-7-13-21(22)29-30-32/h5-8,11-14,18,24H,4,9-10,15-17H2,1-3H3,(H,28,34)/t18-,24+/m1/s1. The normalized spacial score (nSPS) is 16.9. The third kappa shape index (κ3) is 5.67. The Balaban J connectivity index is 1.72. The molecule has 1 aromatic heterocycles. The minimum atomic E-state index is -1.16. The van der Waals surface area contributed by atoms with Crippen LogP contribution >= 0.6 is 0 Å². The van der Waals surface area contributed by atoms with E-state index in [9.17, 15) is 9.59 Å². The van der Waals surface area contributed by atoms with Gasteiger partial charge in [-0.2, -0.15) is 0 Å². The van der Waals surface area contributed by atoms with Crippen LogP contribution in [0.15, 0.2) is 48.5 Å². The smallest absolute Gasteiger partial charge is 0.247 e. The van der Waals surface area contributed by atoms with Crippen LogP contribution in [0, 0.1) is 5.82 Å². The first-order valence-electron chi connectivity index (χ1n) is 12.0. The largest absolute Gasteiger partial charge is 0.376 e. The van der Waals surface area contributed by atoms with Crippen molar-refractivity contribution < 1.29 is 18.7 Å². The molecular weight excluding hydrogens is 449 g/mol. The maximum absolute atomic E-state index is 15.1. The van der Waals surface area contributed by atoms with E-state index >= 15 is 4.39 Å². The number of rotatable bonds is 9. The number of nitrogens with zero attached hydrogens (tertiary/aromatic N) is 4. The molecule has 0 bridgehead atoms. The van der Waals surface area contributed by atoms with E-state index in [2.05, 4.69) is 15.6 Å². The van der Waals surface area contributed by atoms with Gasteiger partial charge >= 0.3 is 0 Å². The van der Waals surface area contributed by atoms with Crippen molar-refractivity contribution in [3.63, 3.8) is 0 Å². The number of hydrogen-bond donors (Lipinski definition) is 1. The van der Waals surface area contributed by atoms with E-state index < -0.39 is 23.3 Å². The molecule has 1 fully saturated rings. The van der Waals surface area contributed by atoms with Gasteiger partial charge in [0.15, 0.2) is 0 Å². The zero-order chi connectivity index (χ0) is 25.0. The third-order valence-electron chi connectivity index (χ3n) is 6.56. The van der Waals surface area contributed by atoms with Crippen LogP contribution in [-0.2, 0) is 20.9 Å². The summed E-state index contributed by atoms with van der Waals surface area (Å²) in [6.45, 7) is 6.39. The van der Waals surface area contributed by atoms with Crippen LogP contribution in [-0.4, -0.2) is 56.5 Å². The number of nitrogens with one attached hydrogen (secondary N) is 1. The van der Waals surface area contributed by atoms with E-state index in [-0.39, 0.29) is 30.7 Å². The molecule has 35 heavy (non-hydrogen) atoms.